The molecule has 3 aromatic carbocycles. The average Bonchev–Trinajstić information content (AvgIpc) is 3.20. The van der Waals surface area contributed by atoms with Crippen LogP contribution in [-0.4, -0.2) is 18.0 Å². The van der Waals surface area contributed by atoms with Gasteiger partial charge in [-0.2, -0.15) is 26.9 Å². The molecule has 12 heteroatoms. The van der Waals surface area contributed by atoms with Crippen LogP contribution in [0.2, 0.25) is 0 Å². The molecule has 37 heavy (non-hydrogen) atoms. The fourth-order valence-electron chi connectivity index (χ4n) is 4.57. The molecule has 2 heterocycles. The van der Waals surface area contributed by atoms with Crippen LogP contribution in [0.15, 0.2) is 59.4 Å². The van der Waals surface area contributed by atoms with Crippen molar-refractivity contribution in [3.8, 4) is 22.9 Å². The molecule has 0 atom stereocenters. The first-order valence-electron chi connectivity index (χ1n) is 10.8. The number of halogens is 4. The van der Waals surface area contributed by atoms with E-state index in [2.05, 4.69) is 9.17 Å². The Morgan fingerprint density at radius 2 is 1.84 bits per heavy atom. The van der Waals surface area contributed by atoms with Crippen LogP contribution in [0.3, 0.4) is 0 Å². The molecular formula is C25H15F4N3O4S. The van der Waals surface area contributed by atoms with Crippen molar-refractivity contribution in [1.29, 1.82) is 5.26 Å². The zero-order valence-corrected chi connectivity index (χ0v) is 19.7. The van der Waals surface area contributed by atoms with Crippen LogP contribution in [0.4, 0.5) is 17.1 Å². The first-order valence-corrected chi connectivity index (χ1v) is 12.1. The summed E-state index contributed by atoms with van der Waals surface area (Å²) in [5.41, 5.74) is -0.813. The monoisotopic (exact) mass is 529 g/mol. The molecule has 5 aromatic rings. The highest BCUT2D eigenvalue weighted by Crippen LogP contribution is 2.41. The minimum atomic E-state index is -5.40. The quantitative estimate of drug-likeness (QED) is 0.234. The van der Waals surface area contributed by atoms with Gasteiger partial charge in [-0.3, -0.25) is 4.79 Å². The summed E-state index contributed by atoms with van der Waals surface area (Å²) in [7, 11) is -5.40. The summed E-state index contributed by atoms with van der Waals surface area (Å²) < 4.78 is 83.2. The van der Waals surface area contributed by atoms with E-state index in [4.69, 9.17) is 0 Å². The van der Waals surface area contributed by atoms with E-state index in [9.17, 15) is 35.5 Å². The number of H-pyrrole nitrogens is 1. The lowest BCUT2D eigenvalue weighted by Crippen LogP contribution is -2.14. The van der Waals surface area contributed by atoms with Gasteiger partial charge in [0, 0.05) is 22.8 Å². The van der Waals surface area contributed by atoms with Gasteiger partial charge in [0.25, 0.3) is 0 Å². The van der Waals surface area contributed by atoms with Crippen molar-refractivity contribution in [1.82, 2.24) is 9.55 Å². The first kappa shape index (κ1) is 24.3. The highest BCUT2D eigenvalue weighted by Gasteiger charge is 2.35. The molecule has 0 unspecified atom stereocenters. The molecule has 0 saturated carbocycles. The molecule has 0 bridgehead atoms. The van der Waals surface area contributed by atoms with Crippen LogP contribution in [0.5, 0.6) is 5.75 Å². The number of aromatic amines is 1. The fraction of sp³-hybridized carbons (Fsp3) is 0.120. The number of rotatable bonds is 4. The number of fused-ring (bicyclic) bond motifs is 4. The lowest BCUT2D eigenvalue weighted by molar-refractivity contribution is -0.137. The largest absolute Gasteiger partial charge is 0.488 e. The van der Waals surface area contributed by atoms with E-state index >= 15 is 0 Å². The molecule has 0 saturated heterocycles. The number of nitrogens with one attached hydrogen (secondary N) is 1. The van der Waals surface area contributed by atoms with E-state index in [1.54, 1.807) is 23.6 Å². The Morgan fingerprint density at radius 3 is 2.49 bits per heavy atom. The molecule has 5 rings (SSSR count). The molecule has 0 amide bonds. The second-order valence-corrected chi connectivity index (χ2v) is 9.16. The molecule has 0 spiro atoms. The summed E-state index contributed by atoms with van der Waals surface area (Å²) in [5, 5.41) is 9.70. The van der Waals surface area contributed by atoms with Gasteiger partial charge in [0.05, 0.1) is 28.1 Å². The van der Waals surface area contributed by atoms with Crippen LogP contribution in [0.1, 0.15) is 18.1 Å². The number of nitriles is 1. The van der Waals surface area contributed by atoms with E-state index < -0.39 is 33.4 Å². The van der Waals surface area contributed by atoms with Gasteiger partial charge in [-0.1, -0.05) is 22.1 Å². The third kappa shape index (κ3) is 4.17. The highest BCUT2D eigenvalue weighted by molar-refractivity contribution is 7.81. The minimum absolute atomic E-state index is 0.0964. The Labute approximate surface area is 206 Å². The number of aromatic nitrogens is 2. The van der Waals surface area contributed by atoms with E-state index in [0.29, 0.717) is 22.1 Å². The predicted molar refractivity (Wildman–Crippen MR) is 129 cm³/mol. The molecule has 0 radical (unpaired) electrons. The number of aryl methyl sites for hydroxylation is 1. The molecule has 0 fully saturated rings. The molecule has 1 N–H and O–H groups in total. The number of hydrogen-bond acceptors (Lipinski definition) is 5. The highest BCUT2D eigenvalue weighted by atomic mass is 32.3. The van der Waals surface area contributed by atoms with Gasteiger partial charge in [0.2, 0.25) is 0 Å². The van der Waals surface area contributed by atoms with Crippen molar-refractivity contribution in [3.63, 3.8) is 0 Å². The van der Waals surface area contributed by atoms with Crippen LogP contribution in [-0.2, 0) is 23.2 Å². The number of nitrogens with zero attached hydrogens (tertiary/aromatic N) is 2. The summed E-state index contributed by atoms with van der Waals surface area (Å²) >= 11 is 0. The van der Waals surface area contributed by atoms with Gasteiger partial charge in [-0.25, -0.2) is 0 Å². The third-order valence-electron chi connectivity index (χ3n) is 6.04. The minimum Gasteiger partial charge on any atom is -0.358 e. The molecule has 0 aliphatic rings. The molecule has 0 aliphatic carbocycles. The van der Waals surface area contributed by atoms with Gasteiger partial charge in [-0.15, -0.1) is 0 Å². The SMILES string of the molecule is CCn1c2cc(-c3cccc(OS(=O)(=O)F)c3)c(C(F)(F)F)cc2c(=O)c2c3ccc(C#N)cc3[nH]c21. The number of benzene rings is 3. The Morgan fingerprint density at radius 1 is 1.08 bits per heavy atom. The standard InChI is InChI=1S/C25H15F4N3O4S/c1-2-32-21-11-17(14-4-3-5-15(9-14)36-37(29,34)35)19(25(26,27)28)10-18(21)23(33)22-16-7-6-13(12-30)8-20(16)31-24(22)32/h3-11,31H,2H2,1H3. The van der Waals surface area contributed by atoms with Crippen molar-refractivity contribution in [2.75, 3.05) is 0 Å². The van der Waals surface area contributed by atoms with Crippen LogP contribution in [0, 0.1) is 11.3 Å². The fourth-order valence-corrected chi connectivity index (χ4v) is 4.90. The van der Waals surface area contributed by atoms with Crippen LogP contribution < -0.4 is 9.61 Å². The van der Waals surface area contributed by atoms with Gasteiger partial charge in [0.1, 0.15) is 11.4 Å². The Hall–Kier alpha value is -4.37. The Bertz CT molecular complexity index is 1950. The normalized spacial score (nSPS) is 12.3. The van der Waals surface area contributed by atoms with Crippen LogP contribution in [0.25, 0.3) is 44.0 Å². The smallest absolute Gasteiger partial charge is 0.358 e. The summed E-state index contributed by atoms with van der Waals surface area (Å²) in [4.78, 5) is 16.6. The Balaban J connectivity index is 1.89. The predicted octanol–water partition coefficient (Wildman–Crippen LogP) is 5.81. The van der Waals surface area contributed by atoms with Gasteiger partial charge in [0.15, 0.2) is 5.43 Å². The lowest BCUT2D eigenvalue weighted by atomic mass is 9.96. The topological polar surface area (TPSA) is 105 Å². The van der Waals surface area contributed by atoms with Crippen LogP contribution >= 0.6 is 0 Å². The second kappa shape index (κ2) is 8.35. The summed E-state index contributed by atoms with van der Waals surface area (Å²) in [6.45, 7) is 2.03. The van der Waals surface area contributed by atoms with Gasteiger partial charge < -0.3 is 13.7 Å². The third-order valence-corrected chi connectivity index (χ3v) is 6.43. The second-order valence-electron chi connectivity index (χ2n) is 8.21. The number of hydrogen-bond donors (Lipinski definition) is 1. The van der Waals surface area contributed by atoms with Crippen molar-refractivity contribution < 1.29 is 29.7 Å². The Kier molecular flexibility index (Phi) is 5.49. The zero-order valence-electron chi connectivity index (χ0n) is 18.9. The molecule has 7 nitrogen and oxygen atoms in total. The van der Waals surface area contributed by atoms with E-state index in [0.717, 1.165) is 18.2 Å². The summed E-state index contributed by atoms with van der Waals surface area (Å²) in [6.07, 6.45) is -4.88. The van der Waals surface area contributed by atoms with Gasteiger partial charge >= 0.3 is 16.7 Å². The van der Waals surface area contributed by atoms with Crippen molar-refractivity contribution in [3.05, 3.63) is 75.9 Å². The van der Waals surface area contributed by atoms with E-state index in [-0.39, 0.29) is 34.0 Å². The molecule has 0 aliphatic heterocycles. The maximum atomic E-state index is 14.2. The van der Waals surface area contributed by atoms with E-state index in [1.165, 1.54) is 24.3 Å². The molecule has 2 aromatic heterocycles. The summed E-state index contributed by atoms with van der Waals surface area (Å²) in [6, 6.07) is 13.2. The number of pyridine rings is 1. The summed E-state index contributed by atoms with van der Waals surface area (Å²) in [5.74, 6) is -0.513. The lowest BCUT2D eigenvalue weighted by Gasteiger charge is -2.18. The molecular weight excluding hydrogens is 514 g/mol. The zero-order chi connectivity index (χ0) is 26.7. The first-order chi connectivity index (χ1) is 17.4. The average molecular weight is 529 g/mol. The van der Waals surface area contributed by atoms with Crippen molar-refractivity contribution >= 4 is 43.3 Å². The maximum absolute atomic E-state index is 14.2. The number of alkyl halides is 3. The maximum Gasteiger partial charge on any atom is 0.488 e. The van der Waals surface area contributed by atoms with Crippen molar-refractivity contribution in [2.24, 2.45) is 0 Å². The molecule has 188 valence electrons. The van der Waals surface area contributed by atoms with E-state index in [1.807, 2.05) is 6.07 Å². The van der Waals surface area contributed by atoms with Crippen molar-refractivity contribution in [2.45, 2.75) is 19.6 Å². The van der Waals surface area contributed by atoms with Gasteiger partial charge in [-0.05, 0) is 54.4 Å².